The van der Waals surface area contributed by atoms with Crippen LogP contribution in [-0.4, -0.2) is 17.3 Å². The highest BCUT2D eigenvalue weighted by Gasteiger charge is 2.43. The van der Waals surface area contributed by atoms with E-state index in [1.54, 1.807) is 6.07 Å². The Hall–Kier alpha value is -3.07. The number of aryl methyl sites for hydroxylation is 2. The van der Waals surface area contributed by atoms with E-state index in [4.69, 9.17) is 4.99 Å². The Morgan fingerprint density at radius 2 is 1.85 bits per heavy atom. The lowest BCUT2D eigenvalue weighted by molar-refractivity contribution is -0.114. The molecule has 0 radical (unpaired) electrons. The first-order chi connectivity index (χ1) is 12.5. The molecule has 0 saturated heterocycles. The van der Waals surface area contributed by atoms with E-state index in [9.17, 15) is 9.59 Å². The molecule has 0 N–H and O–H groups in total. The van der Waals surface area contributed by atoms with Gasteiger partial charge in [0.1, 0.15) is 0 Å². The van der Waals surface area contributed by atoms with E-state index >= 15 is 0 Å². The van der Waals surface area contributed by atoms with E-state index in [-0.39, 0.29) is 5.78 Å². The molecule has 1 unspecified atom stereocenters. The molecule has 4 rings (SSSR count). The zero-order valence-electron chi connectivity index (χ0n) is 14.9. The first kappa shape index (κ1) is 16.4. The molecule has 1 atom stereocenters. The van der Waals surface area contributed by atoms with Crippen molar-refractivity contribution in [2.75, 3.05) is 0 Å². The lowest BCUT2D eigenvalue weighted by Gasteiger charge is -2.18. The fourth-order valence-corrected chi connectivity index (χ4v) is 3.93. The maximum Gasteiger partial charge on any atom is 0.229 e. The van der Waals surface area contributed by atoms with E-state index in [2.05, 4.69) is 18.7 Å². The van der Waals surface area contributed by atoms with Crippen molar-refractivity contribution in [1.29, 1.82) is 0 Å². The fourth-order valence-electron chi connectivity index (χ4n) is 3.93. The van der Waals surface area contributed by atoms with Gasteiger partial charge in [-0.15, -0.1) is 6.58 Å². The van der Waals surface area contributed by atoms with Crippen LogP contribution in [0, 0.1) is 13.8 Å². The lowest BCUT2D eigenvalue weighted by Crippen LogP contribution is -2.21. The number of nitrogens with zero attached hydrogens (tertiary/aromatic N) is 1. The summed E-state index contributed by atoms with van der Waals surface area (Å²) in [5.41, 5.74) is 7.07. The van der Waals surface area contributed by atoms with Gasteiger partial charge in [-0.05, 0) is 54.2 Å². The molecule has 3 heteroatoms. The predicted octanol–water partition coefficient (Wildman–Crippen LogP) is 4.68. The van der Waals surface area contributed by atoms with Crippen LogP contribution in [0.4, 0.5) is 5.69 Å². The highest BCUT2D eigenvalue weighted by atomic mass is 16.2. The Bertz CT molecular complexity index is 1020. The maximum atomic E-state index is 12.6. The third-order valence-corrected chi connectivity index (χ3v) is 5.06. The molecule has 0 aromatic heterocycles. The quantitative estimate of drug-likeness (QED) is 0.601. The van der Waals surface area contributed by atoms with Crippen LogP contribution in [0.5, 0.6) is 0 Å². The summed E-state index contributed by atoms with van der Waals surface area (Å²) in [7, 11) is 0. The van der Waals surface area contributed by atoms with Crippen molar-refractivity contribution < 1.29 is 9.59 Å². The SMILES string of the molecule is C=CCc1cc(C)c(N=C2C=Cc3cccc4c3C2C(=O)C4=O)c(C)c1. The topological polar surface area (TPSA) is 46.5 Å². The van der Waals surface area contributed by atoms with Crippen molar-refractivity contribution in [3.63, 3.8) is 0 Å². The second-order valence-corrected chi connectivity index (χ2v) is 6.88. The maximum absolute atomic E-state index is 12.6. The Kier molecular flexibility index (Phi) is 3.80. The molecule has 0 aliphatic heterocycles. The Morgan fingerprint density at radius 3 is 2.54 bits per heavy atom. The van der Waals surface area contributed by atoms with Crippen molar-refractivity contribution in [3.05, 3.63) is 82.4 Å². The molecule has 0 saturated carbocycles. The molecular weight excluding hydrogens is 322 g/mol. The summed E-state index contributed by atoms with van der Waals surface area (Å²) in [6.07, 6.45) is 6.50. The summed E-state index contributed by atoms with van der Waals surface area (Å²) in [5.74, 6) is -1.36. The smallest absolute Gasteiger partial charge is 0.229 e. The van der Waals surface area contributed by atoms with Gasteiger partial charge in [0.2, 0.25) is 11.6 Å². The summed E-state index contributed by atoms with van der Waals surface area (Å²) >= 11 is 0. The van der Waals surface area contributed by atoms with Crippen LogP contribution in [0.2, 0.25) is 0 Å². The molecule has 128 valence electrons. The van der Waals surface area contributed by atoms with Gasteiger partial charge in [0.05, 0.1) is 17.3 Å². The largest absolute Gasteiger partial charge is 0.289 e. The molecule has 0 amide bonds. The zero-order valence-corrected chi connectivity index (χ0v) is 14.9. The van der Waals surface area contributed by atoms with Crippen molar-refractivity contribution >= 4 is 29.0 Å². The van der Waals surface area contributed by atoms with Gasteiger partial charge in [-0.25, -0.2) is 0 Å². The molecule has 0 spiro atoms. The van der Waals surface area contributed by atoms with Crippen LogP contribution in [0.15, 0.2) is 54.1 Å². The van der Waals surface area contributed by atoms with E-state index in [1.165, 1.54) is 5.56 Å². The van der Waals surface area contributed by atoms with Gasteiger partial charge >= 0.3 is 0 Å². The molecule has 3 nitrogen and oxygen atoms in total. The second kappa shape index (κ2) is 6.03. The van der Waals surface area contributed by atoms with Crippen LogP contribution in [0.1, 0.15) is 44.1 Å². The number of benzene rings is 2. The van der Waals surface area contributed by atoms with E-state index in [0.29, 0.717) is 11.3 Å². The number of Topliss-reactive ketones (excluding diaryl/α,β-unsaturated/α-hetero) is 2. The van der Waals surface area contributed by atoms with Crippen molar-refractivity contribution in [2.24, 2.45) is 4.99 Å². The van der Waals surface area contributed by atoms with Gasteiger partial charge < -0.3 is 0 Å². The number of ketones is 2. The second-order valence-electron chi connectivity index (χ2n) is 6.88. The van der Waals surface area contributed by atoms with E-state index in [0.717, 1.165) is 34.4 Å². The first-order valence-corrected chi connectivity index (χ1v) is 8.70. The molecule has 26 heavy (non-hydrogen) atoms. The number of rotatable bonds is 3. The first-order valence-electron chi connectivity index (χ1n) is 8.70. The minimum atomic E-state index is -0.578. The van der Waals surface area contributed by atoms with Gasteiger partial charge in [0, 0.05) is 5.56 Å². The third-order valence-electron chi connectivity index (χ3n) is 5.06. The molecule has 0 bridgehead atoms. The molecule has 2 aliphatic rings. The number of carbonyl (C=O) groups is 2. The normalized spacial score (nSPS) is 19.2. The Balaban J connectivity index is 1.85. The van der Waals surface area contributed by atoms with Crippen molar-refractivity contribution in [3.8, 4) is 0 Å². The minimum absolute atomic E-state index is 0.380. The lowest BCUT2D eigenvalue weighted by atomic mass is 9.86. The summed E-state index contributed by atoms with van der Waals surface area (Å²) in [5, 5.41) is 0. The number of aliphatic imine (C=N–C) groups is 1. The Labute approximate surface area is 152 Å². The van der Waals surface area contributed by atoms with Gasteiger partial charge in [0.25, 0.3) is 0 Å². The molecular formula is C23H19NO2. The number of hydrogen-bond donors (Lipinski definition) is 0. The van der Waals surface area contributed by atoms with Crippen molar-refractivity contribution in [1.82, 2.24) is 0 Å². The molecule has 2 aromatic carbocycles. The summed E-state index contributed by atoms with van der Waals surface area (Å²) in [6, 6.07) is 9.69. The van der Waals surface area contributed by atoms with Crippen LogP contribution < -0.4 is 0 Å². The number of hydrogen-bond acceptors (Lipinski definition) is 3. The van der Waals surface area contributed by atoms with Crippen LogP contribution >= 0.6 is 0 Å². The third kappa shape index (κ3) is 2.39. The number of carbonyl (C=O) groups excluding carboxylic acids is 2. The monoisotopic (exact) mass is 341 g/mol. The standard InChI is InChI=1S/C23H19NO2/c1-4-6-15-11-13(2)21(14(3)12-15)24-18-10-9-16-7-5-8-17-19(16)20(18)23(26)22(17)25/h4-5,7-12,20H,1,6H2,2-3H3. The highest BCUT2D eigenvalue weighted by Crippen LogP contribution is 2.39. The summed E-state index contributed by atoms with van der Waals surface area (Å²) in [4.78, 5) is 29.8. The molecule has 0 heterocycles. The summed E-state index contributed by atoms with van der Waals surface area (Å²) in [6.45, 7) is 7.83. The molecule has 2 aromatic rings. The zero-order chi connectivity index (χ0) is 18.4. The van der Waals surface area contributed by atoms with Crippen LogP contribution in [0.25, 0.3) is 6.08 Å². The average Bonchev–Trinajstić information content (AvgIpc) is 2.87. The van der Waals surface area contributed by atoms with Gasteiger partial charge in [-0.1, -0.05) is 42.5 Å². The van der Waals surface area contributed by atoms with Gasteiger partial charge in [-0.2, -0.15) is 0 Å². The van der Waals surface area contributed by atoms with Gasteiger partial charge in [-0.3, -0.25) is 14.6 Å². The average molecular weight is 341 g/mol. The van der Waals surface area contributed by atoms with Crippen LogP contribution in [0.3, 0.4) is 0 Å². The highest BCUT2D eigenvalue weighted by molar-refractivity contribution is 6.54. The molecule has 2 aliphatic carbocycles. The number of allylic oxidation sites excluding steroid dienone is 2. The fraction of sp³-hybridized carbons (Fsp3) is 0.174. The molecule has 0 fully saturated rings. The van der Waals surface area contributed by atoms with Crippen LogP contribution in [-0.2, 0) is 11.2 Å². The van der Waals surface area contributed by atoms with E-state index in [1.807, 2.05) is 44.2 Å². The summed E-state index contributed by atoms with van der Waals surface area (Å²) < 4.78 is 0. The van der Waals surface area contributed by atoms with Crippen molar-refractivity contribution in [2.45, 2.75) is 26.2 Å². The van der Waals surface area contributed by atoms with Gasteiger partial charge in [0.15, 0.2) is 0 Å². The van der Waals surface area contributed by atoms with E-state index < -0.39 is 11.7 Å². The minimum Gasteiger partial charge on any atom is -0.289 e. The predicted molar refractivity (Wildman–Crippen MR) is 104 cm³/mol. The Morgan fingerprint density at radius 1 is 1.12 bits per heavy atom.